The highest BCUT2D eigenvalue weighted by Gasteiger charge is 2.50. The van der Waals surface area contributed by atoms with Crippen LogP contribution in [0.15, 0.2) is 36.4 Å². The van der Waals surface area contributed by atoms with E-state index in [4.69, 9.17) is 11.6 Å². The summed E-state index contributed by atoms with van der Waals surface area (Å²) >= 11 is 5.92. The van der Waals surface area contributed by atoms with Gasteiger partial charge in [0.1, 0.15) is 23.0 Å². The van der Waals surface area contributed by atoms with Gasteiger partial charge in [-0.15, -0.1) is 0 Å². The number of halogens is 4. The molecule has 130 valence electrons. The molecular weight excluding hydrogens is 357 g/mol. The SMILES string of the molecule is CC1(c2cc(F)ccc2F)NC(=O)N(Cc2ccc(F)cc2Cl)C1=O. The van der Waals surface area contributed by atoms with Gasteiger partial charge in [0.25, 0.3) is 5.91 Å². The predicted octanol–water partition coefficient (Wildman–Crippen LogP) is 3.72. The first-order chi connectivity index (χ1) is 11.7. The largest absolute Gasteiger partial charge is 0.325 e. The molecule has 1 atom stereocenters. The van der Waals surface area contributed by atoms with Crippen molar-refractivity contribution in [2.24, 2.45) is 0 Å². The molecule has 3 rings (SSSR count). The van der Waals surface area contributed by atoms with E-state index in [-0.39, 0.29) is 17.1 Å². The lowest BCUT2D eigenvalue weighted by Gasteiger charge is -2.23. The minimum Gasteiger partial charge on any atom is -0.319 e. The van der Waals surface area contributed by atoms with E-state index in [1.165, 1.54) is 13.0 Å². The number of carbonyl (C=O) groups excluding carboxylic acids is 2. The summed E-state index contributed by atoms with van der Waals surface area (Å²) < 4.78 is 40.7. The molecule has 25 heavy (non-hydrogen) atoms. The third-order valence-electron chi connectivity index (χ3n) is 4.09. The van der Waals surface area contributed by atoms with Crippen LogP contribution < -0.4 is 5.32 Å². The molecule has 8 heteroatoms. The molecule has 0 spiro atoms. The van der Waals surface area contributed by atoms with Crippen LogP contribution in [0, 0.1) is 17.5 Å². The number of urea groups is 1. The molecule has 0 saturated carbocycles. The van der Waals surface area contributed by atoms with Gasteiger partial charge in [0, 0.05) is 10.6 Å². The maximum absolute atomic E-state index is 14.1. The van der Waals surface area contributed by atoms with Crippen molar-refractivity contribution in [3.63, 3.8) is 0 Å². The van der Waals surface area contributed by atoms with E-state index >= 15 is 0 Å². The number of hydrogen-bond acceptors (Lipinski definition) is 2. The summed E-state index contributed by atoms with van der Waals surface area (Å²) in [5, 5.41) is 2.43. The van der Waals surface area contributed by atoms with Gasteiger partial charge in [-0.25, -0.2) is 18.0 Å². The van der Waals surface area contributed by atoms with E-state index < -0.39 is 34.9 Å². The zero-order valence-electron chi connectivity index (χ0n) is 12.9. The number of nitrogens with one attached hydrogen (secondary N) is 1. The van der Waals surface area contributed by atoms with Gasteiger partial charge in [-0.1, -0.05) is 17.7 Å². The molecule has 1 N–H and O–H groups in total. The molecule has 2 aromatic rings. The third-order valence-corrected chi connectivity index (χ3v) is 4.44. The average molecular weight is 369 g/mol. The second kappa shape index (κ2) is 6.07. The van der Waals surface area contributed by atoms with Crippen LogP contribution in [0.2, 0.25) is 5.02 Å². The molecular formula is C17H12ClF3N2O2. The first-order valence-corrected chi connectivity index (χ1v) is 7.64. The van der Waals surface area contributed by atoms with Gasteiger partial charge in [-0.2, -0.15) is 0 Å². The first-order valence-electron chi connectivity index (χ1n) is 7.26. The lowest BCUT2D eigenvalue weighted by Crippen LogP contribution is -2.41. The normalized spacial score (nSPS) is 20.1. The second-order valence-corrected chi connectivity index (χ2v) is 6.21. The van der Waals surface area contributed by atoms with Crippen molar-refractivity contribution in [1.29, 1.82) is 0 Å². The zero-order chi connectivity index (χ0) is 18.4. The summed E-state index contributed by atoms with van der Waals surface area (Å²) in [5.74, 6) is -2.88. The van der Waals surface area contributed by atoms with E-state index in [2.05, 4.69) is 5.32 Å². The lowest BCUT2D eigenvalue weighted by atomic mass is 9.91. The molecule has 4 nitrogen and oxygen atoms in total. The molecule has 0 aromatic heterocycles. The Morgan fingerprint density at radius 3 is 2.40 bits per heavy atom. The molecule has 1 unspecified atom stereocenters. The second-order valence-electron chi connectivity index (χ2n) is 5.81. The Morgan fingerprint density at radius 1 is 1.08 bits per heavy atom. The van der Waals surface area contributed by atoms with Crippen LogP contribution in [-0.4, -0.2) is 16.8 Å². The van der Waals surface area contributed by atoms with Gasteiger partial charge in [0.15, 0.2) is 0 Å². The van der Waals surface area contributed by atoms with Crippen molar-refractivity contribution < 1.29 is 22.8 Å². The van der Waals surface area contributed by atoms with Crippen molar-refractivity contribution >= 4 is 23.5 Å². The number of amides is 3. The Kier molecular flexibility index (Phi) is 4.20. The molecule has 1 heterocycles. The van der Waals surface area contributed by atoms with Crippen LogP contribution in [0.4, 0.5) is 18.0 Å². The molecule has 1 aliphatic heterocycles. The minimum atomic E-state index is -1.75. The number of imide groups is 1. The summed E-state index contributed by atoms with van der Waals surface area (Å²) in [6.45, 7) is 1.06. The molecule has 0 radical (unpaired) electrons. The van der Waals surface area contributed by atoms with E-state index in [0.29, 0.717) is 5.56 Å². The smallest absolute Gasteiger partial charge is 0.319 e. The summed E-state index contributed by atoms with van der Waals surface area (Å²) in [6, 6.07) is 5.43. The number of benzene rings is 2. The average Bonchev–Trinajstić information content (AvgIpc) is 2.76. The minimum absolute atomic E-state index is 0.0474. The van der Waals surface area contributed by atoms with Gasteiger partial charge in [-0.05, 0) is 42.8 Å². The Labute approximate surface area is 146 Å². The Bertz CT molecular complexity index is 890. The van der Waals surface area contributed by atoms with E-state index in [1.54, 1.807) is 0 Å². The Balaban J connectivity index is 1.95. The fraction of sp³-hybridized carbons (Fsp3) is 0.176. The van der Waals surface area contributed by atoms with Gasteiger partial charge in [0.05, 0.1) is 6.54 Å². The molecule has 1 saturated heterocycles. The van der Waals surface area contributed by atoms with E-state index in [0.717, 1.165) is 35.2 Å². The quantitative estimate of drug-likeness (QED) is 0.839. The van der Waals surface area contributed by atoms with Gasteiger partial charge in [-0.3, -0.25) is 9.69 Å². The van der Waals surface area contributed by atoms with Gasteiger partial charge in [0.2, 0.25) is 0 Å². The Morgan fingerprint density at radius 2 is 1.72 bits per heavy atom. The van der Waals surface area contributed by atoms with E-state index in [9.17, 15) is 22.8 Å². The van der Waals surface area contributed by atoms with Crippen molar-refractivity contribution in [3.05, 3.63) is 70.0 Å². The van der Waals surface area contributed by atoms with Gasteiger partial charge >= 0.3 is 6.03 Å². The van der Waals surface area contributed by atoms with Crippen LogP contribution in [0.3, 0.4) is 0 Å². The Hall–Kier alpha value is -2.54. The van der Waals surface area contributed by atoms with Crippen LogP contribution in [0.1, 0.15) is 18.1 Å². The van der Waals surface area contributed by atoms with Crippen LogP contribution in [-0.2, 0) is 16.9 Å². The predicted molar refractivity (Wildman–Crippen MR) is 84.2 cm³/mol. The summed E-state index contributed by atoms with van der Waals surface area (Å²) in [7, 11) is 0. The van der Waals surface area contributed by atoms with Gasteiger partial charge < -0.3 is 5.32 Å². The van der Waals surface area contributed by atoms with Crippen LogP contribution in [0.25, 0.3) is 0 Å². The maximum atomic E-state index is 14.1. The summed E-state index contributed by atoms with van der Waals surface area (Å²) in [6.07, 6.45) is 0. The van der Waals surface area contributed by atoms with Crippen molar-refractivity contribution in [2.45, 2.75) is 19.0 Å². The number of carbonyl (C=O) groups is 2. The number of hydrogen-bond donors (Lipinski definition) is 1. The zero-order valence-corrected chi connectivity index (χ0v) is 13.7. The third kappa shape index (κ3) is 2.95. The number of rotatable bonds is 3. The lowest BCUT2D eigenvalue weighted by molar-refractivity contribution is -0.131. The van der Waals surface area contributed by atoms with Crippen LogP contribution in [0.5, 0.6) is 0 Å². The monoisotopic (exact) mass is 368 g/mol. The van der Waals surface area contributed by atoms with Crippen molar-refractivity contribution in [1.82, 2.24) is 10.2 Å². The summed E-state index contributed by atoms with van der Waals surface area (Å²) in [5.41, 5.74) is -1.69. The highest BCUT2D eigenvalue weighted by atomic mass is 35.5. The van der Waals surface area contributed by atoms with Crippen LogP contribution >= 0.6 is 11.6 Å². The molecule has 2 aromatic carbocycles. The first kappa shape index (κ1) is 17.3. The van der Waals surface area contributed by atoms with E-state index in [1.807, 2.05) is 0 Å². The highest BCUT2D eigenvalue weighted by molar-refractivity contribution is 6.31. The molecule has 1 aliphatic rings. The highest BCUT2D eigenvalue weighted by Crippen LogP contribution is 2.32. The fourth-order valence-electron chi connectivity index (χ4n) is 2.72. The maximum Gasteiger partial charge on any atom is 0.325 e. The summed E-state index contributed by atoms with van der Waals surface area (Å²) in [4.78, 5) is 25.8. The standard InChI is InChI=1S/C17H12ClF3N2O2/c1-17(12-6-10(19)4-5-14(12)21)15(24)23(16(25)22-17)8-9-2-3-11(20)7-13(9)18/h2-7H,8H2,1H3,(H,22,25). The molecule has 0 bridgehead atoms. The van der Waals surface area contributed by atoms with Crippen molar-refractivity contribution in [3.8, 4) is 0 Å². The topological polar surface area (TPSA) is 49.4 Å². The molecule has 1 fully saturated rings. The van der Waals surface area contributed by atoms with Crippen molar-refractivity contribution in [2.75, 3.05) is 0 Å². The fourth-order valence-corrected chi connectivity index (χ4v) is 2.95. The molecule has 3 amide bonds. The number of nitrogens with zero attached hydrogens (tertiary/aromatic N) is 1. The molecule has 0 aliphatic carbocycles.